The van der Waals surface area contributed by atoms with Crippen LogP contribution in [0.15, 0.2) is 36.4 Å². The summed E-state index contributed by atoms with van der Waals surface area (Å²) in [6.45, 7) is 9.70. The number of aromatic nitrogens is 2. The van der Waals surface area contributed by atoms with Crippen LogP contribution in [0.2, 0.25) is 5.02 Å². The van der Waals surface area contributed by atoms with Crippen LogP contribution in [0.4, 0.5) is 17.3 Å². The standard InChI is InChI=1S/C23H24ClN5O2/c1-25-17-6-7-18-19(11-17)22(26-12-15-5-8-21(31-2)20(24)10-15)27-28-23(18)29-9-3-4-16(13-29)14-30/h5-8,10-11,16,30H,3-4,9,12-14H2,2H3,(H,26,27). The maximum absolute atomic E-state index is 9.59. The fourth-order valence-electron chi connectivity index (χ4n) is 3.97. The first kappa shape index (κ1) is 21.2. The van der Waals surface area contributed by atoms with E-state index in [-0.39, 0.29) is 12.5 Å². The van der Waals surface area contributed by atoms with E-state index in [1.807, 2.05) is 30.3 Å². The lowest BCUT2D eigenvalue weighted by atomic mass is 9.98. The number of hydrogen-bond donors (Lipinski definition) is 2. The van der Waals surface area contributed by atoms with Gasteiger partial charge in [0.1, 0.15) is 5.75 Å². The van der Waals surface area contributed by atoms with Crippen molar-refractivity contribution in [3.8, 4) is 5.75 Å². The first-order chi connectivity index (χ1) is 15.1. The molecule has 0 spiro atoms. The van der Waals surface area contributed by atoms with Gasteiger partial charge >= 0.3 is 0 Å². The highest BCUT2D eigenvalue weighted by Crippen LogP contribution is 2.34. The lowest BCUT2D eigenvalue weighted by Gasteiger charge is -2.33. The van der Waals surface area contributed by atoms with Gasteiger partial charge in [0.05, 0.1) is 18.7 Å². The zero-order valence-electron chi connectivity index (χ0n) is 17.3. The summed E-state index contributed by atoms with van der Waals surface area (Å²) in [6, 6.07) is 11.2. The number of fused-ring (bicyclic) bond motifs is 1. The van der Waals surface area contributed by atoms with E-state index in [4.69, 9.17) is 22.9 Å². The third kappa shape index (κ3) is 4.50. The van der Waals surface area contributed by atoms with Crippen molar-refractivity contribution in [2.24, 2.45) is 5.92 Å². The molecule has 0 amide bonds. The number of anilines is 2. The summed E-state index contributed by atoms with van der Waals surface area (Å²) in [7, 11) is 1.59. The van der Waals surface area contributed by atoms with Crippen LogP contribution in [-0.4, -0.2) is 42.1 Å². The van der Waals surface area contributed by atoms with E-state index >= 15 is 0 Å². The number of nitrogens with one attached hydrogen (secondary N) is 1. The van der Waals surface area contributed by atoms with E-state index in [1.54, 1.807) is 13.2 Å². The van der Waals surface area contributed by atoms with E-state index in [0.717, 1.165) is 48.1 Å². The van der Waals surface area contributed by atoms with Crippen molar-refractivity contribution in [2.75, 3.05) is 37.0 Å². The van der Waals surface area contributed by atoms with Crippen LogP contribution in [0.25, 0.3) is 15.6 Å². The van der Waals surface area contributed by atoms with Gasteiger partial charge in [0, 0.05) is 37.0 Å². The van der Waals surface area contributed by atoms with Gasteiger partial charge in [0.2, 0.25) is 0 Å². The topological polar surface area (TPSA) is 74.9 Å². The molecule has 1 aromatic heterocycles. The van der Waals surface area contributed by atoms with Gasteiger partial charge in [-0.1, -0.05) is 29.8 Å². The molecule has 0 radical (unpaired) electrons. The van der Waals surface area contributed by atoms with Crippen LogP contribution in [0.3, 0.4) is 0 Å². The summed E-state index contributed by atoms with van der Waals surface area (Å²) in [5.74, 6) is 2.28. The lowest BCUT2D eigenvalue weighted by Crippen LogP contribution is -2.37. The number of piperidine rings is 1. The van der Waals surface area contributed by atoms with Gasteiger partial charge in [-0.2, -0.15) is 0 Å². The Morgan fingerprint density at radius 3 is 2.87 bits per heavy atom. The SMILES string of the molecule is [C-]#[N+]c1ccc2c(N3CCCC(CO)C3)nnc(NCc3ccc(OC)c(Cl)c3)c2c1. The smallest absolute Gasteiger partial charge is 0.188 e. The molecule has 1 fully saturated rings. The van der Waals surface area contributed by atoms with Crippen molar-refractivity contribution >= 4 is 39.7 Å². The van der Waals surface area contributed by atoms with Crippen LogP contribution in [-0.2, 0) is 6.54 Å². The van der Waals surface area contributed by atoms with Crippen LogP contribution in [0.5, 0.6) is 5.75 Å². The third-order valence-electron chi connectivity index (χ3n) is 5.63. The van der Waals surface area contributed by atoms with Crippen molar-refractivity contribution in [2.45, 2.75) is 19.4 Å². The van der Waals surface area contributed by atoms with E-state index in [1.165, 1.54) is 0 Å². The van der Waals surface area contributed by atoms with E-state index in [2.05, 4.69) is 25.3 Å². The molecule has 1 aliphatic heterocycles. The first-order valence-electron chi connectivity index (χ1n) is 10.2. The molecule has 7 nitrogen and oxygen atoms in total. The highest BCUT2D eigenvalue weighted by atomic mass is 35.5. The summed E-state index contributed by atoms with van der Waals surface area (Å²) >= 11 is 6.24. The predicted molar refractivity (Wildman–Crippen MR) is 123 cm³/mol. The Bertz CT molecular complexity index is 1130. The van der Waals surface area contributed by atoms with Crippen molar-refractivity contribution < 1.29 is 9.84 Å². The number of aliphatic hydroxyl groups is 1. The van der Waals surface area contributed by atoms with Crippen LogP contribution in [0.1, 0.15) is 18.4 Å². The summed E-state index contributed by atoms with van der Waals surface area (Å²) in [4.78, 5) is 5.76. The molecule has 160 valence electrons. The average molecular weight is 438 g/mol. The second-order valence-electron chi connectivity index (χ2n) is 7.67. The summed E-state index contributed by atoms with van der Waals surface area (Å²) < 4.78 is 5.21. The maximum atomic E-state index is 9.59. The minimum Gasteiger partial charge on any atom is -0.495 e. The zero-order chi connectivity index (χ0) is 21.8. The van der Waals surface area contributed by atoms with Gasteiger partial charge < -0.3 is 20.1 Å². The van der Waals surface area contributed by atoms with Gasteiger partial charge in [0.15, 0.2) is 17.3 Å². The lowest BCUT2D eigenvalue weighted by molar-refractivity contribution is 0.208. The van der Waals surface area contributed by atoms with E-state index in [0.29, 0.717) is 28.8 Å². The number of ether oxygens (including phenoxy) is 1. The average Bonchev–Trinajstić information content (AvgIpc) is 2.82. The van der Waals surface area contributed by atoms with Crippen molar-refractivity contribution in [1.29, 1.82) is 0 Å². The molecule has 0 saturated carbocycles. The fraction of sp³-hybridized carbons (Fsp3) is 0.348. The number of aliphatic hydroxyl groups excluding tert-OH is 1. The Morgan fingerprint density at radius 2 is 2.13 bits per heavy atom. The van der Waals surface area contributed by atoms with Crippen molar-refractivity contribution in [3.63, 3.8) is 0 Å². The second-order valence-corrected chi connectivity index (χ2v) is 8.08. The number of halogens is 1. The summed E-state index contributed by atoms with van der Waals surface area (Å²) in [5.41, 5.74) is 1.53. The molecule has 2 heterocycles. The van der Waals surface area contributed by atoms with Crippen LogP contribution < -0.4 is 15.0 Å². The zero-order valence-corrected chi connectivity index (χ0v) is 18.1. The molecule has 0 bridgehead atoms. The summed E-state index contributed by atoms with van der Waals surface area (Å²) in [6.07, 6.45) is 2.02. The first-order valence-corrected chi connectivity index (χ1v) is 10.6. The number of rotatable bonds is 6. The minimum atomic E-state index is 0.174. The Kier molecular flexibility index (Phi) is 6.40. The molecular weight excluding hydrogens is 414 g/mol. The van der Waals surface area contributed by atoms with Gasteiger partial charge in [0.25, 0.3) is 0 Å². The van der Waals surface area contributed by atoms with Crippen LogP contribution >= 0.6 is 11.6 Å². The number of methoxy groups -OCH3 is 1. The molecule has 1 atom stereocenters. The van der Waals surface area contributed by atoms with Gasteiger partial charge in [-0.3, -0.25) is 0 Å². The molecule has 3 aromatic rings. The quantitative estimate of drug-likeness (QED) is 0.546. The van der Waals surface area contributed by atoms with E-state index < -0.39 is 0 Å². The molecule has 1 aliphatic rings. The monoisotopic (exact) mass is 437 g/mol. The largest absolute Gasteiger partial charge is 0.495 e. The molecule has 1 unspecified atom stereocenters. The van der Waals surface area contributed by atoms with Crippen molar-refractivity contribution in [3.05, 3.63) is 58.4 Å². The third-order valence-corrected chi connectivity index (χ3v) is 5.92. The molecule has 2 N–H and O–H groups in total. The minimum absolute atomic E-state index is 0.174. The maximum Gasteiger partial charge on any atom is 0.188 e. The molecule has 4 rings (SSSR count). The Balaban J connectivity index is 1.66. The molecular formula is C23H24ClN5O2. The molecule has 1 saturated heterocycles. The number of nitrogens with zero attached hydrogens (tertiary/aromatic N) is 4. The van der Waals surface area contributed by atoms with Crippen molar-refractivity contribution in [1.82, 2.24) is 10.2 Å². The highest BCUT2D eigenvalue weighted by Gasteiger charge is 2.23. The molecule has 31 heavy (non-hydrogen) atoms. The molecule has 8 heteroatoms. The molecule has 2 aromatic carbocycles. The number of benzene rings is 2. The fourth-order valence-corrected chi connectivity index (χ4v) is 4.25. The normalized spacial score (nSPS) is 16.2. The van der Waals surface area contributed by atoms with Gasteiger partial charge in [-0.15, -0.1) is 10.2 Å². The molecule has 0 aliphatic carbocycles. The van der Waals surface area contributed by atoms with Gasteiger partial charge in [-0.25, -0.2) is 4.85 Å². The Hall–Kier alpha value is -3.08. The second kappa shape index (κ2) is 9.38. The predicted octanol–water partition coefficient (Wildman–Crippen LogP) is 4.66. The van der Waals surface area contributed by atoms with E-state index in [9.17, 15) is 5.11 Å². The summed E-state index contributed by atoms with van der Waals surface area (Å²) in [5, 5.41) is 24.2. The Morgan fingerprint density at radius 1 is 1.26 bits per heavy atom. The highest BCUT2D eigenvalue weighted by molar-refractivity contribution is 6.32. The Labute approximate surface area is 186 Å². The van der Waals surface area contributed by atoms with Crippen LogP contribution in [0, 0.1) is 12.5 Å². The number of hydrogen-bond acceptors (Lipinski definition) is 6. The van der Waals surface area contributed by atoms with Gasteiger partial charge in [-0.05, 0) is 42.5 Å².